The van der Waals surface area contributed by atoms with Crippen molar-refractivity contribution in [1.82, 2.24) is 0 Å². The van der Waals surface area contributed by atoms with Gasteiger partial charge in [-0.2, -0.15) is 0 Å². The molecule has 0 saturated carbocycles. The van der Waals surface area contributed by atoms with Crippen molar-refractivity contribution >= 4 is 31.9 Å². The number of alkyl halides is 2. The van der Waals surface area contributed by atoms with Gasteiger partial charge in [-0.25, -0.2) is 5.11 Å². The standard InChI is InChI=1S/C8H15Br2O/c1-2-3-4-5-8(11)7(10)6-9/h7-8H,2-6H2,1H3. The Morgan fingerprint density at radius 1 is 1.36 bits per heavy atom. The van der Waals surface area contributed by atoms with Crippen LogP contribution in [0, 0.1) is 0 Å². The summed E-state index contributed by atoms with van der Waals surface area (Å²) in [4.78, 5) is 0.0966. The highest BCUT2D eigenvalue weighted by atomic mass is 79.9. The molecule has 0 rings (SSSR count). The Morgan fingerprint density at radius 2 is 2.00 bits per heavy atom. The molecule has 67 valence electrons. The molecule has 0 aromatic rings. The molecular weight excluding hydrogens is 272 g/mol. The second kappa shape index (κ2) is 7.56. The van der Waals surface area contributed by atoms with Crippen LogP contribution >= 0.6 is 31.9 Å². The molecule has 0 aliphatic heterocycles. The summed E-state index contributed by atoms with van der Waals surface area (Å²) in [5.41, 5.74) is 0. The Kier molecular flexibility index (Phi) is 8.20. The van der Waals surface area contributed by atoms with E-state index < -0.39 is 6.10 Å². The van der Waals surface area contributed by atoms with E-state index in [9.17, 15) is 5.11 Å². The summed E-state index contributed by atoms with van der Waals surface area (Å²) < 4.78 is 0. The van der Waals surface area contributed by atoms with E-state index in [0.717, 1.165) is 18.2 Å². The number of hydrogen-bond donors (Lipinski definition) is 0. The summed E-state index contributed by atoms with van der Waals surface area (Å²) in [7, 11) is 0. The van der Waals surface area contributed by atoms with Crippen LogP contribution < -0.4 is 0 Å². The minimum atomic E-state index is -0.444. The lowest BCUT2D eigenvalue weighted by Crippen LogP contribution is -2.19. The minimum Gasteiger partial charge on any atom is -0.232 e. The maximum atomic E-state index is 11.3. The average Bonchev–Trinajstić information content (AvgIpc) is 2.03. The minimum absolute atomic E-state index is 0.0966. The average molecular weight is 287 g/mol. The fourth-order valence-corrected chi connectivity index (χ4v) is 1.56. The van der Waals surface area contributed by atoms with E-state index in [-0.39, 0.29) is 4.83 Å². The van der Waals surface area contributed by atoms with E-state index in [4.69, 9.17) is 0 Å². The van der Waals surface area contributed by atoms with Gasteiger partial charge in [0.05, 0.1) is 4.83 Å². The van der Waals surface area contributed by atoms with Crippen molar-refractivity contribution < 1.29 is 5.11 Å². The molecule has 0 bridgehead atoms. The first-order valence-electron chi connectivity index (χ1n) is 4.08. The normalized spacial score (nSPS) is 16.4. The second-order valence-corrected chi connectivity index (χ2v) is 4.53. The zero-order valence-electron chi connectivity index (χ0n) is 6.85. The zero-order valence-corrected chi connectivity index (χ0v) is 10.0. The highest BCUT2D eigenvalue weighted by Gasteiger charge is 2.15. The van der Waals surface area contributed by atoms with Crippen LogP contribution in [0.3, 0.4) is 0 Å². The fourth-order valence-electron chi connectivity index (χ4n) is 0.876. The molecule has 0 fully saturated rings. The first-order chi connectivity index (χ1) is 5.22. The molecule has 0 saturated heterocycles. The molecule has 0 heterocycles. The number of hydrogen-bond acceptors (Lipinski definition) is 0. The lowest BCUT2D eigenvalue weighted by molar-refractivity contribution is 0.0829. The third kappa shape index (κ3) is 6.12. The topological polar surface area (TPSA) is 19.9 Å². The van der Waals surface area contributed by atoms with Crippen LogP contribution in [-0.4, -0.2) is 16.3 Å². The molecule has 11 heavy (non-hydrogen) atoms. The van der Waals surface area contributed by atoms with Crippen LogP contribution in [0.1, 0.15) is 32.6 Å². The van der Waals surface area contributed by atoms with Gasteiger partial charge in [0, 0.05) is 5.33 Å². The second-order valence-electron chi connectivity index (χ2n) is 2.70. The molecule has 0 spiro atoms. The maximum Gasteiger partial charge on any atom is 0.106 e. The quantitative estimate of drug-likeness (QED) is 0.526. The molecular formula is C8H15Br2O. The van der Waals surface area contributed by atoms with Gasteiger partial charge in [-0.3, -0.25) is 0 Å². The summed E-state index contributed by atoms with van der Waals surface area (Å²) in [5, 5.41) is 12.0. The maximum absolute atomic E-state index is 11.3. The summed E-state index contributed by atoms with van der Waals surface area (Å²) in [6, 6.07) is 0. The molecule has 1 radical (unpaired) electrons. The van der Waals surface area contributed by atoms with Gasteiger partial charge >= 0.3 is 0 Å². The van der Waals surface area contributed by atoms with Crippen LogP contribution in [0.25, 0.3) is 0 Å². The number of halogens is 2. The van der Waals surface area contributed by atoms with Crippen molar-refractivity contribution in [3.63, 3.8) is 0 Å². The van der Waals surface area contributed by atoms with Crippen LogP contribution in [0.2, 0.25) is 0 Å². The largest absolute Gasteiger partial charge is 0.232 e. The van der Waals surface area contributed by atoms with Gasteiger partial charge in [0.1, 0.15) is 6.10 Å². The summed E-state index contributed by atoms with van der Waals surface area (Å²) in [6.07, 6.45) is 3.80. The molecule has 2 atom stereocenters. The Bertz CT molecular complexity index is 88.2. The van der Waals surface area contributed by atoms with Crippen LogP contribution in [-0.2, 0) is 5.11 Å². The molecule has 0 N–H and O–H groups in total. The van der Waals surface area contributed by atoms with E-state index in [2.05, 4.69) is 38.8 Å². The van der Waals surface area contributed by atoms with E-state index in [1.165, 1.54) is 12.8 Å². The fraction of sp³-hybridized carbons (Fsp3) is 1.00. The molecule has 2 unspecified atom stereocenters. The van der Waals surface area contributed by atoms with Crippen molar-refractivity contribution in [2.75, 3.05) is 5.33 Å². The third-order valence-electron chi connectivity index (χ3n) is 1.64. The van der Waals surface area contributed by atoms with Crippen molar-refractivity contribution in [2.45, 2.75) is 43.5 Å². The molecule has 1 nitrogen and oxygen atoms in total. The van der Waals surface area contributed by atoms with Gasteiger partial charge in [-0.15, -0.1) is 0 Å². The molecule has 0 aliphatic carbocycles. The van der Waals surface area contributed by atoms with Gasteiger partial charge in [-0.1, -0.05) is 58.0 Å². The van der Waals surface area contributed by atoms with Crippen molar-refractivity contribution in [2.24, 2.45) is 0 Å². The molecule has 0 amide bonds. The summed E-state index contributed by atoms with van der Waals surface area (Å²) >= 11 is 6.61. The number of rotatable bonds is 6. The Morgan fingerprint density at radius 3 is 2.45 bits per heavy atom. The van der Waals surface area contributed by atoms with Gasteiger partial charge in [0.2, 0.25) is 0 Å². The Labute approximate surface area is 85.8 Å². The Hall–Kier alpha value is 0.920. The van der Waals surface area contributed by atoms with E-state index in [1.54, 1.807) is 0 Å². The monoisotopic (exact) mass is 285 g/mol. The molecule has 0 aliphatic rings. The lowest BCUT2D eigenvalue weighted by atomic mass is 10.1. The van der Waals surface area contributed by atoms with Crippen molar-refractivity contribution in [3.8, 4) is 0 Å². The highest BCUT2D eigenvalue weighted by Crippen LogP contribution is 2.15. The predicted octanol–water partition coefficient (Wildman–Crippen LogP) is 3.52. The Balaban J connectivity index is 3.28. The van der Waals surface area contributed by atoms with Crippen molar-refractivity contribution in [1.29, 1.82) is 0 Å². The van der Waals surface area contributed by atoms with E-state index >= 15 is 0 Å². The zero-order chi connectivity index (χ0) is 8.69. The van der Waals surface area contributed by atoms with Crippen LogP contribution in [0.5, 0.6) is 0 Å². The van der Waals surface area contributed by atoms with Crippen LogP contribution in [0.4, 0.5) is 0 Å². The SMILES string of the molecule is CCCCCC([O])C(Br)CBr. The van der Waals surface area contributed by atoms with Crippen molar-refractivity contribution in [3.05, 3.63) is 0 Å². The summed E-state index contributed by atoms with van der Waals surface area (Å²) in [5.74, 6) is 0. The molecule has 3 heteroatoms. The van der Waals surface area contributed by atoms with Gasteiger partial charge < -0.3 is 0 Å². The van der Waals surface area contributed by atoms with E-state index in [1.807, 2.05) is 0 Å². The highest BCUT2D eigenvalue weighted by molar-refractivity contribution is 9.12. The van der Waals surface area contributed by atoms with Crippen LogP contribution in [0.15, 0.2) is 0 Å². The van der Waals surface area contributed by atoms with Gasteiger partial charge in [0.25, 0.3) is 0 Å². The molecule has 0 aromatic carbocycles. The first-order valence-corrected chi connectivity index (χ1v) is 6.12. The summed E-state index contributed by atoms with van der Waals surface area (Å²) in [6.45, 7) is 2.15. The smallest absolute Gasteiger partial charge is 0.106 e. The lowest BCUT2D eigenvalue weighted by Gasteiger charge is -2.11. The molecule has 0 aromatic heterocycles. The van der Waals surface area contributed by atoms with E-state index in [0.29, 0.717) is 0 Å². The van der Waals surface area contributed by atoms with Gasteiger partial charge in [0.15, 0.2) is 0 Å². The first kappa shape index (κ1) is 11.9. The number of unbranched alkanes of at least 4 members (excludes halogenated alkanes) is 2. The van der Waals surface area contributed by atoms with Gasteiger partial charge in [-0.05, 0) is 6.42 Å². The predicted molar refractivity (Wildman–Crippen MR) is 55.1 cm³/mol. The third-order valence-corrected chi connectivity index (χ3v) is 4.12.